The molecule has 0 unspecified atom stereocenters. The number of benzene rings is 1. The SMILES string of the molecule is CCN(CC1CCN(CCc2ccccc2C)CC1)C(=O)c1cnc2ccccn2c1=O. The first-order chi connectivity index (χ1) is 15.6. The first-order valence-electron chi connectivity index (χ1n) is 11.6. The Morgan fingerprint density at radius 1 is 1.12 bits per heavy atom. The van der Waals surface area contributed by atoms with Crippen molar-refractivity contribution in [3.63, 3.8) is 0 Å². The third-order valence-corrected chi connectivity index (χ3v) is 6.66. The Bertz CT molecular complexity index is 1130. The summed E-state index contributed by atoms with van der Waals surface area (Å²) < 4.78 is 1.44. The van der Waals surface area contributed by atoms with Gasteiger partial charge in [-0.3, -0.25) is 14.0 Å². The monoisotopic (exact) mass is 432 g/mol. The molecule has 3 aromatic rings. The standard InChI is InChI=1S/C26H32N4O2/c1-3-29(25(31)23-18-27-24-10-6-7-14-30(24)26(23)32)19-21-11-15-28(16-12-21)17-13-22-9-5-4-8-20(22)2/h4-10,14,18,21H,3,11-13,15-17,19H2,1-2H3. The van der Waals surface area contributed by atoms with Gasteiger partial charge in [0.05, 0.1) is 0 Å². The van der Waals surface area contributed by atoms with Crippen LogP contribution in [0.15, 0.2) is 59.7 Å². The maximum absolute atomic E-state index is 13.1. The lowest BCUT2D eigenvalue weighted by Crippen LogP contribution is -2.42. The van der Waals surface area contributed by atoms with Crippen LogP contribution in [0.5, 0.6) is 0 Å². The molecule has 2 aromatic heterocycles. The molecule has 0 atom stereocenters. The van der Waals surface area contributed by atoms with Crippen molar-refractivity contribution in [3.05, 3.63) is 81.9 Å². The molecule has 3 heterocycles. The number of amides is 1. The molecular formula is C26H32N4O2. The number of pyridine rings is 1. The van der Waals surface area contributed by atoms with E-state index in [9.17, 15) is 9.59 Å². The number of carbonyl (C=O) groups excluding carboxylic acids is 1. The maximum Gasteiger partial charge on any atom is 0.270 e. The molecule has 1 aliphatic heterocycles. The number of fused-ring (bicyclic) bond motifs is 1. The van der Waals surface area contributed by atoms with Gasteiger partial charge < -0.3 is 9.80 Å². The van der Waals surface area contributed by atoms with E-state index in [0.29, 0.717) is 24.7 Å². The summed E-state index contributed by atoms with van der Waals surface area (Å²) in [5.41, 5.74) is 3.18. The van der Waals surface area contributed by atoms with Crippen LogP contribution in [0.3, 0.4) is 0 Å². The summed E-state index contributed by atoms with van der Waals surface area (Å²) >= 11 is 0. The van der Waals surface area contributed by atoms with Crippen molar-refractivity contribution in [2.24, 2.45) is 5.92 Å². The lowest BCUT2D eigenvalue weighted by Gasteiger charge is -2.34. The molecule has 32 heavy (non-hydrogen) atoms. The molecule has 0 bridgehead atoms. The van der Waals surface area contributed by atoms with Gasteiger partial charge in [-0.05, 0) is 75.4 Å². The number of nitrogens with zero attached hydrogens (tertiary/aromatic N) is 4. The van der Waals surface area contributed by atoms with Crippen LogP contribution in [0.4, 0.5) is 0 Å². The van der Waals surface area contributed by atoms with E-state index in [4.69, 9.17) is 0 Å². The van der Waals surface area contributed by atoms with Gasteiger partial charge in [0.25, 0.3) is 11.5 Å². The zero-order valence-electron chi connectivity index (χ0n) is 19.0. The highest BCUT2D eigenvalue weighted by molar-refractivity contribution is 5.93. The predicted molar refractivity (Wildman–Crippen MR) is 127 cm³/mol. The average molecular weight is 433 g/mol. The Hall–Kier alpha value is -2.99. The highest BCUT2D eigenvalue weighted by Crippen LogP contribution is 2.20. The zero-order chi connectivity index (χ0) is 22.5. The largest absolute Gasteiger partial charge is 0.338 e. The van der Waals surface area contributed by atoms with Gasteiger partial charge >= 0.3 is 0 Å². The fraction of sp³-hybridized carbons (Fsp3) is 0.423. The Morgan fingerprint density at radius 3 is 2.62 bits per heavy atom. The van der Waals surface area contributed by atoms with Gasteiger partial charge in [-0.25, -0.2) is 4.98 Å². The van der Waals surface area contributed by atoms with Crippen molar-refractivity contribution in [1.29, 1.82) is 0 Å². The van der Waals surface area contributed by atoms with Crippen molar-refractivity contribution in [3.8, 4) is 0 Å². The predicted octanol–water partition coefficient (Wildman–Crippen LogP) is 3.42. The van der Waals surface area contributed by atoms with Crippen molar-refractivity contribution < 1.29 is 4.79 Å². The van der Waals surface area contributed by atoms with Gasteiger partial charge in [-0.15, -0.1) is 0 Å². The Balaban J connectivity index is 1.34. The summed E-state index contributed by atoms with van der Waals surface area (Å²) in [6.45, 7) is 8.62. The second-order valence-electron chi connectivity index (χ2n) is 8.71. The summed E-state index contributed by atoms with van der Waals surface area (Å²) in [4.78, 5) is 34.6. The van der Waals surface area contributed by atoms with E-state index < -0.39 is 0 Å². The summed E-state index contributed by atoms with van der Waals surface area (Å²) in [5, 5.41) is 0. The van der Waals surface area contributed by atoms with Crippen molar-refractivity contribution in [2.75, 3.05) is 32.7 Å². The molecule has 1 amide bonds. The summed E-state index contributed by atoms with van der Waals surface area (Å²) in [5.74, 6) is 0.245. The van der Waals surface area contributed by atoms with E-state index >= 15 is 0 Å². The van der Waals surface area contributed by atoms with Crippen LogP contribution in [0.25, 0.3) is 5.65 Å². The van der Waals surface area contributed by atoms with E-state index in [0.717, 1.165) is 38.9 Å². The van der Waals surface area contributed by atoms with Crippen LogP contribution in [-0.2, 0) is 6.42 Å². The lowest BCUT2D eigenvalue weighted by atomic mass is 9.95. The number of aromatic nitrogens is 2. The zero-order valence-corrected chi connectivity index (χ0v) is 19.0. The Morgan fingerprint density at radius 2 is 1.88 bits per heavy atom. The highest BCUT2D eigenvalue weighted by Gasteiger charge is 2.25. The van der Waals surface area contributed by atoms with Crippen LogP contribution in [0.2, 0.25) is 0 Å². The molecule has 0 aliphatic carbocycles. The molecule has 1 aromatic carbocycles. The molecule has 1 fully saturated rings. The molecule has 1 saturated heterocycles. The topological polar surface area (TPSA) is 57.9 Å². The molecule has 6 nitrogen and oxygen atoms in total. The summed E-state index contributed by atoms with van der Waals surface area (Å²) in [6, 6.07) is 14.0. The van der Waals surface area contributed by atoms with E-state index in [2.05, 4.69) is 41.1 Å². The first kappa shape index (κ1) is 22.2. The minimum Gasteiger partial charge on any atom is -0.338 e. The number of piperidine rings is 1. The fourth-order valence-corrected chi connectivity index (χ4v) is 4.57. The van der Waals surface area contributed by atoms with Gasteiger partial charge in [-0.1, -0.05) is 30.3 Å². The highest BCUT2D eigenvalue weighted by atomic mass is 16.2. The van der Waals surface area contributed by atoms with Crippen LogP contribution in [0.1, 0.15) is 41.3 Å². The second kappa shape index (κ2) is 10.1. The Labute approximate surface area is 189 Å². The van der Waals surface area contributed by atoms with Gasteiger partial charge in [0.2, 0.25) is 0 Å². The van der Waals surface area contributed by atoms with Crippen molar-refractivity contribution >= 4 is 11.6 Å². The number of hydrogen-bond donors (Lipinski definition) is 0. The van der Waals surface area contributed by atoms with Gasteiger partial charge in [0.15, 0.2) is 0 Å². The molecule has 0 N–H and O–H groups in total. The molecule has 6 heteroatoms. The fourth-order valence-electron chi connectivity index (χ4n) is 4.57. The van der Waals surface area contributed by atoms with Gasteiger partial charge in [-0.2, -0.15) is 0 Å². The minimum atomic E-state index is -0.301. The Kier molecular flexibility index (Phi) is 7.00. The third-order valence-electron chi connectivity index (χ3n) is 6.66. The van der Waals surface area contributed by atoms with Crippen LogP contribution >= 0.6 is 0 Å². The third kappa shape index (κ3) is 4.91. The number of aryl methyl sites for hydroxylation is 1. The molecule has 1 aliphatic rings. The smallest absolute Gasteiger partial charge is 0.270 e. The van der Waals surface area contributed by atoms with E-state index in [1.807, 2.05) is 13.0 Å². The van der Waals surface area contributed by atoms with E-state index in [1.165, 1.54) is 21.7 Å². The van der Waals surface area contributed by atoms with E-state index in [-0.39, 0.29) is 17.0 Å². The van der Waals surface area contributed by atoms with Crippen molar-refractivity contribution in [1.82, 2.24) is 19.2 Å². The van der Waals surface area contributed by atoms with Gasteiger partial charge in [0.1, 0.15) is 11.2 Å². The number of rotatable bonds is 7. The normalized spacial score (nSPS) is 15.2. The van der Waals surface area contributed by atoms with E-state index in [1.54, 1.807) is 23.2 Å². The van der Waals surface area contributed by atoms with Crippen LogP contribution in [-0.4, -0.2) is 57.8 Å². The van der Waals surface area contributed by atoms with Crippen molar-refractivity contribution in [2.45, 2.75) is 33.1 Å². The first-order valence-corrected chi connectivity index (χ1v) is 11.6. The summed E-state index contributed by atoms with van der Waals surface area (Å²) in [6.07, 6.45) is 6.32. The average Bonchev–Trinajstić information content (AvgIpc) is 2.83. The van der Waals surface area contributed by atoms with Crippen LogP contribution < -0.4 is 5.56 Å². The maximum atomic E-state index is 13.1. The summed E-state index contributed by atoms with van der Waals surface area (Å²) in [7, 11) is 0. The molecule has 4 rings (SSSR count). The van der Waals surface area contributed by atoms with Crippen LogP contribution in [0, 0.1) is 12.8 Å². The number of hydrogen-bond acceptors (Lipinski definition) is 4. The minimum absolute atomic E-state index is 0.145. The lowest BCUT2D eigenvalue weighted by molar-refractivity contribution is 0.0699. The number of likely N-dealkylation sites (tertiary alicyclic amines) is 1. The molecular weight excluding hydrogens is 400 g/mol. The molecule has 0 saturated carbocycles. The molecule has 168 valence electrons. The second-order valence-corrected chi connectivity index (χ2v) is 8.71. The number of carbonyl (C=O) groups is 1. The molecule has 0 radical (unpaired) electrons. The molecule has 0 spiro atoms. The van der Waals surface area contributed by atoms with Gasteiger partial charge in [0, 0.05) is 32.0 Å². The quantitative estimate of drug-likeness (QED) is 0.574.